The van der Waals surface area contributed by atoms with Gasteiger partial charge in [-0.15, -0.1) is 0 Å². The lowest BCUT2D eigenvalue weighted by Gasteiger charge is -2.33. The Morgan fingerprint density at radius 2 is 0.714 bits per heavy atom. The molecule has 0 fully saturated rings. The zero-order valence-corrected chi connectivity index (χ0v) is 37.8. The van der Waals surface area contributed by atoms with Crippen LogP contribution in [-0.2, 0) is 16.2 Å². The molecule has 2 nitrogen and oxygen atoms in total. The summed E-state index contributed by atoms with van der Waals surface area (Å²) < 4.78 is 0. The highest BCUT2D eigenvalue weighted by Gasteiger charge is 2.43. The van der Waals surface area contributed by atoms with Gasteiger partial charge in [0, 0.05) is 18.6 Å². The Balaban J connectivity index is 1.09. The average Bonchev–Trinajstić information content (AvgIpc) is 3.54. The van der Waals surface area contributed by atoms with Gasteiger partial charge in [-0.05, 0) is 182 Å². The van der Waals surface area contributed by atoms with Crippen molar-refractivity contribution in [1.82, 2.24) is 0 Å². The van der Waals surface area contributed by atoms with Gasteiger partial charge in [0.15, 0.2) is 0 Å². The summed E-state index contributed by atoms with van der Waals surface area (Å²) in [5, 5.41) is 36.0. The van der Waals surface area contributed by atoms with E-state index in [2.05, 4.69) is 175 Å². The molecule has 2 N–H and O–H groups in total. The van der Waals surface area contributed by atoms with Crippen LogP contribution in [0.3, 0.4) is 0 Å². The maximum absolute atomic E-state index is 10.1. The van der Waals surface area contributed by atoms with Crippen molar-refractivity contribution in [2.45, 2.75) is 96.3 Å². The zero-order chi connectivity index (χ0) is 43.4. The van der Waals surface area contributed by atoms with E-state index in [9.17, 15) is 10.2 Å². The second kappa shape index (κ2) is 14.6. The lowest BCUT2D eigenvalue weighted by molar-refractivity contribution is 0.266. The van der Waals surface area contributed by atoms with Gasteiger partial charge in [-0.2, -0.15) is 0 Å². The van der Waals surface area contributed by atoms with Crippen LogP contribution in [-0.4, -0.2) is 23.4 Å². The molecule has 0 aliphatic heterocycles. The SMILES string of the molecule is CC(C)(C)c1cc2ccc3ccc(-c4ccc5c(c4)C(CCCCO)(CCCCO)c4cc(-c6ccc7ccc8cc(C(C)(C)C)cc9ccc6c7c89)ccc4-5)c4ccc(c1)c2c34. The van der Waals surface area contributed by atoms with Crippen LogP contribution in [0, 0.1) is 0 Å². The van der Waals surface area contributed by atoms with Gasteiger partial charge in [-0.3, -0.25) is 0 Å². The summed E-state index contributed by atoms with van der Waals surface area (Å²) in [7, 11) is 0. The molecule has 63 heavy (non-hydrogen) atoms. The predicted octanol–water partition coefficient (Wildman–Crippen LogP) is 16.0. The molecule has 0 atom stereocenters. The monoisotopic (exact) mass is 822 g/mol. The molecule has 0 saturated heterocycles. The number of rotatable bonds is 10. The van der Waals surface area contributed by atoms with Gasteiger partial charge >= 0.3 is 0 Å². The molecule has 2 heteroatoms. The minimum absolute atomic E-state index is 0.0674. The normalized spacial score (nSPS) is 14.0. The van der Waals surface area contributed by atoms with Gasteiger partial charge < -0.3 is 10.2 Å². The second-order valence-corrected chi connectivity index (χ2v) is 20.8. The smallest absolute Gasteiger partial charge is 0.0431 e. The fraction of sp³-hybridized carbons (Fsp3) is 0.279. The van der Waals surface area contributed by atoms with Crippen LogP contribution >= 0.6 is 0 Å². The van der Waals surface area contributed by atoms with Crippen LogP contribution in [0.4, 0.5) is 0 Å². The Morgan fingerprint density at radius 3 is 1.10 bits per heavy atom. The number of unbranched alkanes of at least 4 members (excludes halogenated alkanes) is 2. The third-order valence-corrected chi connectivity index (χ3v) is 14.9. The maximum Gasteiger partial charge on any atom is 0.0431 e. The summed E-state index contributed by atoms with van der Waals surface area (Å²) in [6, 6.07) is 52.0. The average molecular weight is 823 g/mol. The van der Waals surface area contributed by atoms with Crippen molar-refractivity contribution in [3.63, 3.8) is 0 Å². The van der Waals surface area contributed by atoms with E-state index < -0.39 is 0 Å². The highest BCUT2D eigenvalue weighted by molar-refractivity contribution is 6.27. The van der Waals surface area contributed by atoms with Crippen molar-refractivity contribution in [3.8, 4) is 33.4 Å². The van der Waals surface area contributed by atoms with Crippen LogP contribution in [0.25, 0.3) is 98.0 Å². The summed E-state index contributed by atoms with van der Waals surface area (Å²) in [6.07, 6.45) is 5.26. The van der Waals surface area contributed by atoms with Gasteiger partial charge in [-0.1, -0.05) is 163 Å². The Morgan fingerprint density at radius 1 is 0.365 bits per heavy atom. The van der Waals surface area contributed by atoms with Crippen molar-refractivity contribution in [2.75, 3.05) is 13.2 Å². The van der Waals surface area contributed by atoms with Crippen LogP contribution < -0.4 is 0 Å². The molecular formula is C61H58O2. The van der Waals surface area contributed by atoms with E-state index in [1.807, 2.05) is 0 Å². The predicted molar refractivity (Wildman–Crippen MR) is 270 cm³/mol. The van der Waals surface area contributed by atoms with E-state index in [1.165, 1.54) is 120 Å². The summed E-state index contributed by atoms with van der Waals surface area (Å²) in [4.78, 5) is 0. The summed E-state index contributed by atoms with van der Waals surface area (Å²) in [5.41, 5.74) is 13.0. The number of benzene rings is 10. The van der Waals surface area contributed by atoms with E-state index in [4.69, 9.17) is 0 Å². The van der Waals surface area contributed by atoms with E-state index >= 15 is 0 Å². The van der Waals surface area contributed by atoms with Crippen LogP contribution in [0.15, 0.2) is 133 Å². The van der Waals surface area contributed by atoms with Gasteiger partial charge in [0.2, 0.25) is 0 Å². The second-order valence-electron chi connectivity index (χ2n) is 20.8. The summed E-state index contributed by atoms with van der Waals surface area (Å²) >= 11 is 0. The molecule has 314 valence electrons. The number of aliphatic hydroxyl groups is 2. The highest BCUT2D eigenvalue weighted by Crippen LogP contribution is 2.56. The molecule has 0 saturated carbocycles. The first-order valence-electron chi connectivity index (χ1n) is 23.3. The van der Waals surface area contributed by atoms with Crippen molar-refractivity contribution in [2.24, 2.45) is 0 Å². The maximum atomic E-state index is 10.1. The van der Waals surface area contributed by atoms with E-state index in [0.29, 0.717) is 0 Å². The first-order chi connectivity index (χ1) is 30.4. The van der Waals surface area contributed by atoms with Crippen LogP contribution in [0.5, 0.6) is 0 Å². The zero-order valence-electron chi connectivity index (χ0n) is 37.8. The van der Waals surface area contributed by atoms with Gasteiger partial charge in [0.05, 0.1) is 0 Å². The summed E-state index contributed by atoms with van der Waals surface area (Å²) in [6.45, 7) is 14.2. The lowest BCUT2D eigenvalue weighted by atomic mass is 9.70. The third-order valence-electron chi connectivity index (χ3n) is 14.9. The third kappa shape index (κ3) is 6.28. The van der Waals surface area contributed by atoms with E-state index in [0.717, 1.165) is 38.5 Å². The minimum atomic E-state index is -0.263. The van der Waals surface area contributed by atoms with Crippen molar-refractivity contribution in [3.05, 3.63) is 156 Å². The quantitative estimate of drug-likeness (QED) is 0.107. The van der Waals surface area contributed by atoms with Crippen molar-refractivity contribution < 1.29 is 10.2 Å². The number of fused-ring (bicyclic) bond motifs is 3. The standard InChI is InChI=1S/C61H58O2/c1-59(2,3)45-31-41-13-11-37-15-21-47(51-25-19-43(33-45)55(41)57(37)51)39-17-23-49-50-24-18-40(36-54(50)61(53(49)35-39,27-7-9-29-62)28-8-10-30-63)48-22-16-38-12-14-42-32-46(60(4,5)6)34-44-20-26-52(48)58(38)56(42)44/h11-26,31-36,62-63H,7-10,27-30H2,1-6H3. The topological polar surface area (TPSA) is 40.5 Å². The molecule has 0 amide bonds. The van der Waals surface area contributed by atoms with Crippen LogP contribution in [0.1, 0.15) is 102 Å². The van der Waals surface area contributed by atoms with Crippen molar-refractivity contribution in [1.29, 1.82) is 0 Å². The molecule has 10 aromatic rings. The molecule has 0 bridgehead atoms. The Hall–Kier alpha value is -5.80. The molecule has 1 aliphatic rings. The minimum Gasteiger partial charge on any atom is -0.396 e. The highest BCUT2D eigenvalue weighted by atomic mass is 16.3. The number of aliphatic hydroxyl groups excluding tert-OH is 2. The first kappa shape index (κ1) is 40.0. The molecule has 0 radical (unpaired) electrons. The Bertz CT molecular complexity index is 3120. The molecule has 10 aromatic carbocycles. The fourth-order valence-corrected chi connectivity index (χ4v) is 11.6. The molecular weight excluding hydrogens is 765 g/mol. The van der Waals surface area contributed by atoms with E-state index in [-0.39, 0.29) is 29.5 Å². The van der Waals surface area contributed by atoms with Gasteiger partial charge in [-0.25, -0.2) is 0 Å². The van der Waals surface area contributed by atoms with Gasteiger partial charge in [0.1, 0.15) is 0 Å². The summed E-state index contributed by atoms with van der Waals surface area (Å²) in [5.74, 6) is 0. The molecule has 0 spiro atoms. The van der Waals surface area contributed by atoms with Gasteiger partial charge in [0.25, 0.3) is 0 Å². The molecule has 1 aliphatic carbocycles. The van der Waals surface area contributed by atoms with Crippen molar-refractivity contribution >= 4 is 64.6 Å². The Labute approximate surface area is 371 Å². The Kier molecular flexibility index (Phi) is 9.29. The molecule has 0 aromatic heterocycles. The number of hydrogen-bond donors (Lipinski definition) is 2. The molecule has 0 unspecified atom stereocenters. The number of hydrogen-bond acceptors (Lipinski definition) is 2. The van der Waals surface area contributed by atoms with E-state index in [1.54, 1.807) is 0 Å². The first-order valence-corrected chi connectivity index (χ1v) is 23.3. The lowest BCUT2D eigenvalue weighted by Crippen LogP contribution is -2.26. The largest absolute Gasteiger partial charge is 0.396 e. The van der Waals surface area contributed by atoms with Crippen LogP contribution in [0.2, 0.25) is 0 Å². The fourth-order valence-electron chi connectivity index (χ4n) is 11.6. The molecule has 0 heterocycles. The molecule has 11 rings (SSSR count).